The van der Waals surface area contributed by atoms with Crippen molar-refractivity contribution >= 4 is 10.8 Å². The largest absolute Gasteiger partial charge is 0.478 e. The minimum atomic E-state index is -0.732. The van der Waals surface area contributed by atoms with Crippen LogP contribution in [0.1, 0.15) is 12.5 Å². The average Bonchev–Trinajstić information content (AvgIpc) is 2.42. The zero-order valence-electron chi connectivity index (χ0n) is 10.5. The lowest BCUT2D eigenvalue weighted by atomic mass is 10.2. The molecular formula is C13H18N2O2S. The van der Waals surface area contributed by atoms with Crippen LogP contribution in [0.5, 0.6) is 5.75 Å². The summed E-state index contributed by atoms with van der Waals surface area (Å²) in [7, 11) is -0.732. The molecule has 0 saturated carbocycles. The molecule has 1 unspecified atom stereocenters. The van der Waals surface area contributed by atoms with E-state index < -0.39 is 10.8 Å². The smallest absolute Gasteiger partial charge is 0.174 e. The number of hydrogen-bond acceptors (Lipinski definition) is 4. The summed E-state index contributed by atoms with van der Waals surface area (Å²) in [6.07, 6.45) is 0. The van der Waals surface area contributed by atoms with E-state index in [1.165, 1.54) is 0 Å². The summed E-state index contributed by atoms with van der Waals surface area (Å²) in [5.41, 5.74) is 1.01. The van der Waals surface area contributed by atoms with Crippen molar-refractivity contribution in [2.45, 2.75) is 13.5 Å². The highest BCUT2D eigenvalue weighted by Gasteiger charge is 2.02. The Bertz CT molecular complexity index is 429. The fourth-order valence-electron chi connectivity index (χ4n) is 1.45. The van der Waals surface area contributed by atoms with E-state index in [2.05, 4.69) is 5.32 Å². The zero-order valence-corrected chi connectivity index (χ0v) is 11.3. The van der Waals surface area contributed by atoms with Gasteiger partial charge in [-0.15, -0.1) is 0 Å². The van der Waals surface area contributed by atoms with E-state index >= 15 is 0 Å². The number of nitrogens with one attached hydrogen (secondary N) is 1. The van der Waals surface area contributed by atoms with Gasteiger partial charge < -0.3 is 10.1 Å². The number of rotatable bonds is 8. The number of ether oxygens (including phenoxy) is 1. The molecule has 0 aliphatic heterocycles. The van der Waals surface area contributed by atoms with Gasteiger partial charge in [-0.05, 0) is 6.07 Å². The van der Waals surface area contributed by atoms with Gasteiger partial charge in [0.1, 0.15) is 11.8 Å². The Morgan fingerprint density at radius 1 is 1.44 bits per heavy atom. The molecule has 0 fully saturated rings. The molecule has 1 atom stereocenters. The summed E-state index contributed by atoms with van der Waals surface area (Å²) in [5.74, 6) is 2.09. The third-order valence-electron chi connectivity index (χ3n) is 2.41. The van der Waals surface area contributed by atoms with Crippen LogP contribution in [0.3, 0.4) is 0 Å². The minimum absolute atomic E-state index is 0.0524. The van der Waals surface area contributed by atoms with Crippen LogP contribution in [0.25, 0.3) is 0 Å². The Kier molecular flexibility index (Phi) is 7.07. The Labute approximate surface area is 110 Å². The van der Waals surface area contributed by atoms with Crippen molar-refractivity contribution in [1.82, 2.24) is 5.32 Å². The van der Waals surface area contributed by atoms with E-state index in [4.69, 9.17) is 10.00 Å². The molecule has 18 heavy (non-hydrogen) atoms. The first-order valence-corrected chi connectivity index (χ1v) is 7.40. The van der Waals surface area contributed by atoms with Crippen LogP contribution in [0.2, 0.25) is 0 Å². The van der Waals surface area contributed by atoms with Crippen molar-refractivity contribution in [3.8, 4) is 11.8 Å². The highest BCUT2D eigenvalue weighted by Crippen LogP contribution is 2.17. The van der Waals surface area contributed by atoms with Gasteiger partial charge in [0.05, 0.1) is 0 Å². The maximum absolute atomic E-state index is 11.2. The van der Waals surface area contributed by atoms with E-state index in [0.717, 1.165) is 11.3 Å². The second kappa shape index (κ2) is 8.67. The van der Waals surface area contributed by atoms with E-state index in [1.54, 1.807) is 0 Å². The minimum Gasteiger partial charge on any atom is -0.478 e. The fraction of sp³-hybridized carbons (Fsp3) is 0.462. The van der Waals surface area contributed by atoms with Gasteiger partial charge in [0.15, 0.2) is 6.61 Å². The molecule has 0 saturated heterocycles. The monoisotopic (exact) mass is 266 g/mol. The predicted molar refractivity (Wildman–Crippen MR) is 72.8 cm³/mol. The zero-order chi connectivity index (χ0) is 13.2. The molecule has 0 bridgehead atoms. The maximum atomic E-state index is 11.2. The standard InChI is InChI=1S/C13H18N2O2S/c1-2-18(16)10-8-15-11-12-5-3-4-6-13(12)17-9-7-14/h3-6,15H,2,8-11H2,1H3. The number of benzene rings is 1. The number of para-hydroxylation sites is 1. The molecule has 1 aromatic rings. The van der Waals surface area contributed by atoms with E-state index in [1.807, 2.05) is 37.3 Å². The molecule has 0 amide bonds. The average molecular weight is 266 g/mol. The summed E-state index contributed by atoms with van der Waals surface area (Å²) in [5, 5.41) is 11.7. The first-order valence-electron chi connectivity index (χ1n) is 5.91. The predicted octanol–water partition coefficient (Wildman–Crippen LogP) is 1.45. The van der Waals surface area contributed by atoms with Crippen LogP contribution < -0.4 is 10.1 Å². The van der Waals surface area contributed by atoms with E-state index in [9.17, 15) is 4.21 Å². The molecule has 0 aromatic heterocycles. The maximum Gasteiger partial charge on any atom is 0.174 e. The van der Waals surface area contributed by atoms with Crippen molar-refractivity contribution in [3.63, 3.8) is 0 Å². The third-order valence-corrected chi connectivity index (χ3v) is 3.71. The van der Waals surface area contributed by atoms with Crippen LogP contribution in [-0.2, 0) is 17.3 Å². The van der Waals surface area contributed by atoms with Crippen LogP contribution in [0.15, 0.2) is 24.3 Å². The molecule has 0 aliphatic rings. The number of hydrogen-bond donors (Lipinski definition) is 1. The van der Waals surface area contributed by atoms with Gasteiger partial charge in [-0.3, -0.25) is 4.21 Å². The Morgan fingerprint density at radius 2 is 2.22 bits per heavy atom. The van der Waals surface area contributed by atoms with Crippen molar-refractivity contribution < 1.29 is 8.95 Å². The molecule has 1 rings (SSSR count). The summed E-state index contributed by atoms with van der Waals surface area (Å²) in [6.45, 7) is 3.34. The summed E-state index contributed by atoms with van der Waals surface area (Å²) >= 11 is 0. The molecule has 4 nitrogen and oxygen atoms in total. The molecule has 0 heterocycles. The van der Waals surface area contributed by atoms with Crippen LogP contribution >= 0.6 is 0 Å². The van der Waals surface area contributed by atoms with Crippen molar-refractivity contribution in [1.29, 1.82) is 5.26 Å². The van der Waals surface area contributed by atoms with Crippen LogP contribution in [-0.4, -0.2) is 28.9 Å². The van der Waals surface area contributed by atoms with Crippen LogP contribution in [0.4, 0.5) is 0 Å². The van der Waals surface area contributed by atoms with E-state index in [-0.39, 0.29) is 6.61 Å². The van der Waals surface area contributed by atoms with Crippen molar-refractivity contribution in [3.05, 3.63) is 29.8 Å². The van der Waals surface area contributed by atoms with Crippen molar-refractivity contribution in [2.24, 2.45) is 0 Å². The normalized spacial score (nSPS) is 11.8. The van der Waals surface area contributed by atoms with Crippen LogP contribution in [0, 0.1) is 11.3 Å². The molecule has 1 N–H and O–H groups in total. The first kappa shape index (κ1) is 14.7. The highest BCUT2D eigenvalue weighted by atomic mass is 32.2. The Morgan fingerprint density at radius 3 is 2.94 bits per heavy atom. The van der Waals surface area contributed by atoms with Gasteiger partial charge in [-0.1, -0.05) is 25.1 Å². The number of nitriles is 1. The Balaban J connectivity index is 2.41. The lowest BCUT2D eigenvalue weighted by molar-refractivity contribution is 0.363. The fourth-order valence-corrected chi connectivity index (χ4v) is 2.11. The SMILES string of the molecule is CCS(=O)CCNCc1ccccc1OCC#N. The van der Waals surface area contributed by atoms with E-state index in [0.29, 0.717) is 24.6 Å². The second-order valence-corrected chi connectivity index (χ2v) is 5.53. The molecule has 5 heteroatoms. The molecule has 1 aromatic carbocycles. The molecule has 98 valence electrons. The lowest BCUT2D eigenvalue weighted by Gasteiger charge is -2.09. The Hall–Kier alpha value is -1.38. The van der Waals surface area contributed by atoms with Crippen molar-refractivity contribution in [2.75, 3.05) is 24.7 Å². The first-order chi connectivity index (χ1) is 8.77. The van der Waals surface area contributed by atoms with Gasteiger partial charge >= 0.3 is 0 Å². The molecular weight excluding hydrogens is 248 g/mol. The summed E-state index contributed by atoms with van der Waals surface area (Å²) in [6, 6.07) is 9.56. The second-order valence-electron chi connectivity index (χ2n) is 3.66. The molecule has 0 spiro atoms. The lowest BCUT2D eigenvalue weighted by Crippen LogP contribution is -2.21. The van der Waals surface area contributed by atoms with Gasteiger partial charge in [-0.2, -0.15) is 5.26 Å². The third kappa shape index (κ3) is 5.30. The topological polar surface area (TPSA) is 62.1 Å². The van der Waals surface area contributed by atoms with Gasteiger partial charge in [0.25, 0.3) is 0 Å². The molecule has 0 aliphatic carbocycles. The van der Waals surface area contributed by atoms with Gasteiger partial charge in [0.2, 0.25) is 0 Å². The highest BCUT2D eigenvalue weighted by molar-refractivity contribution is 7.84. The van der Waals surface area contributed by atoms with Gasteiger partial charge in [0, 0.05) is 41.0 Å². The summed E-state index contributed by atoms with van der Waals surface area (Å²) in [4.78, 5) is 0. The molecule has 0 radical (unpaired) electrons. The van der Waals surface area contributed by atoms with Gasteiger partial charge in [-0.25, -0.2) is 0 Å². The summed E-state index contributed by atoms with van der Waals surface area (Å²) < 4.78 is 16.6. The quantitative estimate of drug-likeness (QED) is 0.723. The number of nitrogens with zero attached hydrogens (tertiary/aromatic N) is 1.